The summed E-state index contributed by atoms with van der Waals surface area (Å²) in [5, 5.41) is 50.3. The lowest BCUT2D eigenvalue weighted by Crippen LogP contribution is -2.58. The van der Waals surface area contributed by atoms with Gasteiger partial charge in [-0.15, -0.1) is 0 Å². The highest BCUT2D eigenvalue weighted by Gasteiger charge is 2.34. The molecule has 0 spiro atoms. The second-order valence-corrected chi connectivity index (χ2v) is 11.8. The number of nitrogens with one attached hydrogen (secondary N) is 5. The van der Waals surface area contributed by atoms with Crippen molar-refractivity contribution in [2.24, 2.45) is 17.6 Å². The Bertz CT molecular complexity index is 1200. The van der Waals surface area contributed by atoms with Crippen molar-refractivity contribution in [1.82, 2.24) is 26.6 Å². The number of unbranched alkanes of at least 4 members (excludes halogenated alkanes) is 2. The van der Waals surface area contributed by atoms with E-state index in [2.05, 4.69) is 26.6 Å². The summed E-state index contributed by atoms with van der Waals surface area (Å²) >= 11 is 0. The second-order valence-electron chi connectivity index (χ2n) is 11.8. The third-order valence-electron chi connectivity index (χ3n) is 7.42. The average molecular weight is 667 g/mol. The molecule has 11 N–H and O–H groups in total. The molecule has 1 rings (SSSR count). The minimum absolute atomic E-state index is 0.0530. The SMILES string of the molecule is CC(C)C(NC(=O)C(NC(=O)CCCCCc1ccc(O)cc1)C(CO)CNC(=O)[C@H](C)NC(=O)[C@H](C)NC(=O)[C@@H](N)CO)C(=O)O. The highest BCUT2D eigenvalue weighted by molar-refractivity contribution is 5.93. The molecule has 0 aliphatic rings. The van der Waals surface area contributed by atoms with Crippen LogP contribution in [0.15, 0.2) is 24.3 Å². The number of aliphatic carboxylic acids is 1. The quantitative estimate of drug-likeness (QED) is 0.0658. The Morgan fingerprint density at radius 1 is 0.723 bits per heavy atom. The van der Waals surface area contributed by atoms with E-state index in [0.29, 0.717) is 12.8 Å². The molecule has 6 atom stereocenters. The van der Waals surface area contributed by atoms with Crippen molar-refractivity contribution in [3.8, 4) is 5.75 Å². The van der Waals surface area contributed by atoms with E-state index in [4.69, 9.17) is 10.8 Å². The number of nitrogens with two attached hydrogens (primary N) is 1. The Kier molecular flexibility index (Phi) is 18.0. The van der Waals surface area contributed by atoms with Gasteiger partial charge in [0.1, 0.15) is 36.0 Å². The number of amides is 5. The number of carboxylic acids is 1. The smallest absolute Gasteiger partial charge is 0.326 e. The largest absolute Gasteiger partial charge is 0.508 e. The number of aliphatic hydroxyl groups is 2. The van der Waals surface area contributed by atoms with Crippen molar-refractivity contribution in [2.75, 3.05) is 19.8 Å². The molecule has 0 aliphatic heterocycles. The monoisotopic (exact) mass is 666 g/mol. The summed E-state index contributed by atoms with van der Waals surface area (Å²) in [5.41, 5.74) is 6.45. The number of hydrogen-bond acceptors (Lipinski definition) is 10. The molecule has 5 amide bonds. The third kappa shape index (κ3) is 14.8. The van der Waals surface area contributed by atoms with E-state index >= 15 is 0 Å². The van der Waals surface area contributed by atoms with Gasteiger partial charge in [-0.05, 0) is 56.7 Å². The number of phenols is 1. The lowest BCUT2D eigenvalue weighted by molar-refractivity contribution is -0.144. The van der Waals surface area contributed by atoms with Crippen molar-refractivity contribution in [2.45, 2.75) is 90.0 Å². The summed E-state index contributed by atoms with van der Waals surface area (Å²) < 4.78 is 0. The minimum Gasteiger partial charge on any atom is -0.508 e. The molecule has 0 aliphatic carbocycles. The van der Waals surface area contributed by atoms with Gasteiger partial charge >= 0.3 is 5.97 Å². The number of carbonyl (C=O) groups is 6. The van der Waals surface area contributed by atoms with Crippen LogP contribution in [0.2, 0.25) is 0 Å². The highest BCUT2D eigenvalue weighted by Crippen LogP contribution is 2.13. The first-order chi connectivity index (χ1) is 22.1. The van der Waals surface area contributed by atoms with Crippen molar-refractivity contribution >= 4 is 35.5 Å². The number of carboxylic acid groups (broad SMARTS) is 1. The molecule has 0 saturated heterocycles. The Balaban J connectivity index is 2.85. The molecule has 0 saturated carbocycles. The fourth-order valence-electron chi connectivity index (χ4n) is 4.40. The van der Waals surface area contributed by atoms with Crippen molar-refractivity contribution in [1.29, 1.82) is 0 Å². The number of aromatic hydroxyl groups is 1. The summed E-state index contributed by atoms with van der Waals surface area (Å²) in [6.07, 6.45) is 2.76. The minimum atomic E-state index is -1.40. The first kappa shape index (κ1) is 40.7. The maximum absolute atomic E-state index is 13.3. The van der Waals surface area contributed by atoms with Gasteiger partial charge in [-0.3, -0.25) is 24.0 Å². The number of benzene rings is 1. The summed E-state index contributed by atoms with van der Waals surface area (Å²) in [6.45, 7) is 4.29. The summed E-state index contributed by atoms with van der Waals surface area (Å²) in [6, 6.07) is 0.710. The maximum Gasteiger partial charge on any atom is 0.326 e. The van der Waals surface area contributed by atoms with E-state index in [1.807, 2.05) is 12.1 Å². The van der Waals surface area contributed by atoms with Crippen LogP contribution in [0.3, 0.4) is 0 Å². The van der Waals surface area contributed by atoms with Crippen molar-refractivity contribution in [3.63, 3.8) is 0 Å². The highest BCUT2D eigenvalue weighted by atomic mass is 16.4. The molecule has 0 fully saturated rings. The molecule has 264 valence electrons. The van der Waals surface area contributed by atoms with Crippen LogP contribution in [0.1, 0.15) is 58.9 Å². The molecule has 16 heteroatoms. The van der Waals surface area contributed by atoms with Crippen LogP contribution >= 0.6 is 0 Å². The molecule has 3 unspecified atom stereocenters. The van der Waals surface area contributed by atoms with Crippen LogP contribution in [0.5, 0.6) is 5.75 Å². The van der Waals surface area contributed by atoms with Gasteiger partial charge in [0.25, 0.3) is 0 Å². The molecule has 1 aromatic carbocycles. The lowest BCUT2D eigenvalue weighted by atomic mass is 9.97. The van der Waals surface area contributed by atoms with E-state index in [9.17, 15) is 44.1 Å². The topological polar surface area (TPSA) is 270 Å². The van der Waals surface area contributed by atoms with Crippen LogP contribution in [0.25, 0.3) is 0 Å². The van der Waals surface area contributed by atoms with Crippen LogP contribution in [0, 0.1) is 11.8 Å². The number of aliphatic hydroxyl groups excluding tert-OH is 2. The zero-order valence-electron chi connectivity index (χ0n) is 27.3. The number of hydrogen-bond donors (Lipinski definition) is 10. The predicted octanol–water partition coefficient (Wildman–Crippen LogP) is -1.74. The summed E-state index contributed by atoms with van der Waals surface area (Å²) in [7, 11) is 0. The average Bonchev–Trinajstić information content (AvgIpc) is 3.02. The van der Waals surface area contributed by atoms with Crippen molar-refractivity contribution < 1.29 is 49.2 Å². The van der Waals surface area contributed by atoms with Gasteiger partial charge in [0.05, 0.1) is 13.2 Å². The Hall–Kier alpha value is -4.28. The predicted molar refractivity (Wildman–Crippen MR) is 170 cm³/mol. The molecule has 1 aromatic rings. The molecule has 0 radical (unpaired) electrons. The summed E-state index contributed by atoms with van der Waals surface area (Å²) in [4.78, 5) is 74.9. The third-order valence-corrected chi connectivity index (χ3v) is 7.42. The summed E-state index contributed by atoms with van der Waals surface area (Å²) in [5.74, 6) is -6.22. The molecular weight excluding hydrogens is 616 g/mol. The van der Waals surface area contributed by atoms with Crippen LogP contribution in [0.4, 0.5) is 0 Å². The molecule has 0 aromatic heterocycles. The van der Waals surface area contributed by atoms with E-state index in [1.165, 1.54) is 13.8 Å². The number of aryl methyl sites for hydroxylation is 1. The standard InChI is InChI=1S/C31H50N6O10/c1-17(2)25(31(46)47)37-30(45)26(36-24(41)9-7-5-6-8-20-10-12-22(40)13-11-20)21(15-38)14-33-27(42)18(3)34-28(43)19(4)35-29(44)23(32)16-39/h10-13,17-19,21,23,25-26,38-40H,5-9,14-16,32H2,1-4H3,(H,33,42)(H,34,43)(H,35,44)(H,36,41)(H,37,45)(H,46,47)/t18-,19-,21?,23-,25?,26?/m0/s1. The van der Waals surface area contributed by atoms with Crippen LogP contribution < -0.4 is 32.3 Å². The first-order valence-electron chi connectivity index (χ1n) is 15.6. The van der Waals surface area contributed by atoms with Crippen molar-refractivity contribution in [3.05, 3.63) is 29.8 Å². The van der Waals surface area contributed by atoms with Gasteiger partial charge in [0.15, 0.2) is 0 Å². The Labute approximate surface area is 274 Å². The van der Waals surface area contributed by atoms with Gasteiger partial charge in [-0.2, -0.15) is 0 Å². The number of carbonyl (C=O) groups excluding carboxylic acids is 5. The van der Waals surface area contributed by atoms with E-state index in [-0.39, 0.29) is 18.7 Å². The fraction of sp³-hybridized carbons (Fsp3) is 0.613. The molecule has 16 nitrogen and oxygen atoms in total. The van der Waals surface area contributed by atoms with Gasteiger partial charge in [-0.25, -0.2) is 4.79 Å². The second kappa shape index (κ2) is 20.8. The Morgan fingerprint density at radius 2 is 1.32 bits per heavy atom. The fourth-order valence-corrected chi connectivity index (χ4v) is 4.40. The lowest BCUT2D eigenvalue weighted by Gasteiger charge is -2.29. The van der Waals surface area contributed by atoms with Gasteiger partial charge in [0, 0.05) is 18.9 Å². The zero-order chi connectivity index (χ0) is 35.7. The number of rotatable bonds is 21. The maximum atomic E-state index is 13.3. The first-order valence-corrected chi connectivity index (χ1v) is 15.6. The molecular formula is C31H50N6O10. The van der Waals surface area contributed by atoms with E-state index in [1.54, 1.807) is 26.0 Å². The van der Waals surface area contributed by atoms with E-state index in [0.717, 1.165) is 18.4 Å². The Morgan fingerprint density at radius 3 is 1.87 bits per heavy atom. The van der Waals surface area contributed by atoms with Gasteiger partial charge in [0.2, 0.25) is 29.5 Å². The van der Waals surface area contributed by atoms with E-state index < -0.39 is 90.8 Å². The molecule has 47 heavy (non-hydrogen) atoms. The van der Waals surface area contributed by atoms with Gasteiger partial charge in [-0.1, -0.05) is 32.4 Å². The molecule has 0 heterocycles. The van der Waals surface area contributed by atoms with Crippen LogP contribution in [-0.2, 0) is 35.2 Å². The number of phenolic OH excluding ortho intramolecular Hbond substituents is 1. The van der Waals surface area contributed by atoms with Crippen LogP contribution in [-0.4, -0.2) is 106 Å². The normalized spacial score (nSPS) is 14.9. The zero-order valence-corrected chi connectivity index (χ0v) is 27.3. The van der Waals surface area contributed by atoms with Gasteiger partial charge < -0.3 is 52.7 Å². The molecule has 0 bridgehead atoms.